The second kappa shape index (κ2) is 4.74. The fraction of sp³-hybridized carbons (Fsp3) is 0.600. The van der Waals surface area contributed by atoms with Crippen LogP contribution in [0.2, 0.25) is 0 Å². The van der Waals surface area contributed by atoms with E-state index < -0.39 is 0 Å². The molecule has 0 spiro atoms. The Bertz CT molecular complexity index is 257. The molecule has 0 amide bonds. The summed E-state index contributed by atoms with van der Waals surface area (Å²) in [4.78, 5) is 1.21. The van der Waals surface area contributed by atoms with E-state index in [1.54, 1.807) is 11.3 Å². The summed E-state index contributed by atoms with van der Waals surface area (Å²) >= 11 is 1.68. The van der Waals surface area contributed by atoms with Gasteiger partial charge in [-0.1, -0.05) is 13.8 Å². The van der Waals surface area contributed by atoms with Gasteiger partial charge in [0.05, 0.1) is 6.10 Å². The lowest BCUT2D eigenvalue weighted by atomic mass is 10.1. The first-order valence-corrected chi connectivity index (χ1v) is 5.44. The van der Waals surface area contributed by atoms with E-state index in [1.807, 2.05) is 18.4 Å². The van der Waals surface area contributed by atoms with Crippen molar-refractivity contribution in [2.75, 3.05) is 6.54 Å². The summed E-state index contributed by atoms with van der Waals surface area (Å²) in [5.41, 5.74) is 1.05. The number of hydrogen-bond donors (Lipinski definition) is 2. The van der Waals surface area contributed by atoms with Gasteiger partial charge in [0.2, 0.25) is 0 Å². The molecule has 0 bridgehead atoms. The minimum Gasteiger partial charge on any atom is -0.387 e. The van der Waals surface area contributed by atoms with E-state index >= 15 is 0 Å². The van der Waals surface area contributed by atoms with Gasteiger partial charge in [-0.15, -0.1) is 11.3 Å². The first kappa shape index (κ1) is 10.7. The second-order valence-corrected chi connectivity index (χ2v) is 4.63. The van der Waals surface area contributed by atoms with Crippen LogP contribution in [0.1, 0.15) is 30.4 Å². The summed E-state index contributed by atoms with van der Waals surface area (Å²) < 4.78 is 0. The van der Waals surface area contributed by atoms with Crippen molar-refractivity contribution in [3.63, 3.8) is 0 Å². The molecule has 0 saturated heterocycles. The molecule has 0 aliphatic rings. The molecule has 1 heterocycles. The maximum absolute atomic E-state index is 9.78. The van der Waals surface area contributed by atoms with Crippen LogP contribution in [0.15, 0.2) is 11.4 Å². The smallest absolute Gasteiger partial charge is 0.0925 e. The number of hydrogen-bond acceptors (Lipinski definition) is 3. The van der Waals surface area contributed by atoms with Gasteiger partial charge in [0.25, 0.3) is 0 Å². The monoisotopic (exact) mass is 199 g/mol. The van der Waals surface area contributed by atoms with Gasteiger partial charge < -0.3 is 10.4 Å². The summed E-state index contributed by atoms with van der Waals surface area (Å²) in [7, 11) is 0. The Morgan fingerprint density at radius 3 is 2.69 bits per heavy atom. The zero-order valence-corrected chi connectivity index (χ0v) is 9.19. The lowest BCUT2D eigenvalue weighted by Gasteiger charge is -2.13. The maximum Gasteiger partial charge on any atom is 0.0925 e. The van der Waals surface area contributed by atoms with Gasteiger partial charge in [-0.2, -0.15) is 0 Å². The standard InChI is InChI=1S/C10H17NOS/c1-7(2)11-6-10(12)9-4-5-13-8(9)3/h4-5,7,10-12H,6H2,1-3H3. The van der Waals surface area contributed by atoms with E-state index in [1.165, 1.54) is 4.88 Å². The van der Waals surface area contributed by atoms with Crippen molar-refractivity contribution >= 4 is 11.3 Å². The Morgan fingerprint density at radius 2 is 2.23 bits per heavy atom. The van der Waals surface area contributed by atoms with E-state index in [0.717, 1.165) is 5.56 Å². The number of aliphatic hydroxyl groups excluding tert-OH is 1. The molecule has 74 valence electrons. The highest BCUT2D eigenvalue weighted by atomic mass is 32.1. The van der Waals surface area contributed by atoms with E-state index in [-0.39, 0.29) is 6.10 Å². The van der Waals surface area contributed by atoms with Gasteiger partial charge in [-0.3, -0.25) is 0 Å². The van der Waals surface area contributed by atoms with Crippen LogP contribution in [0, 0.1) is 6.92 Å². The summed E-state index contributed by atoms with van der Waals surface area (Å²) in [6, 6.07) is 2.42. The second-order valence-electron chi connectivity index (χ2n) is 3.51. The van der Waals surface area contributed by atoms with Crippen LogP contribution in [-0.2, 0) is 0 Å². The molecule has 3 heteroatoms. The van der Waals surface area contributed by atoms with Crippen LogP contribution in [0.25, 0.3) is 0 Å². The highest BCUT2D eigenvalue weighted by Gasteiger charge is 2.10. The molecular weight excluding hydrogens is 182 g/mol. The van der Waals surface area contributed by atoms with Crippen LogP contribution in [0.4, 0.5) is 0 Å². The topological polar surface area (TPSA) is 32.3 Å². The average Bonchev–Trinajstić information content (AvgIpc) is 2.47. The molecule has 2 N–H and O–H groups in total. The zero-order chi connectivity index (χ0) is 9.84. The molecule has 1 atom stereocenters. The zero-order valence-electron chi connectivity index (χ0n) is 8.37. The highest BCUT2D eigenvalue weighted by molar-refractivity contribution is 7.10. The number of aliphatic hydroxyl groups is 1. The van der Waals surface area contributed by atoms with Gasteiger partial charge in [-0.25, -0.2) is 0 Å². The van der Waals surface area contributed by atoms with Crippen molar-refractivity contribution in [2.45, 2.75) is 32.9 Å². The van der Waals surface area contributed by atoms with Crippen LogP contribution >= 0.6 is 11.3 Å². The van der Waals surface area contributed by atoms with Gasteiger partial charge in [-0.05, 0) is 23.9 Å². The fourth-order valence-electron chi connectivity index (χ4n) is 1.20. The molecule has 0 radical (unpaired) electrons. The van der Waals surface area contributed by atoms with E-state index in [2.05, 4.69) is 19.2 Å². The van der Waals surface area contributed by atoms with Crippen molar-refractivity contribution in [3.8, 4) is 0 Å². The van der Waals surface area contributed by atoms with Crippen molar-refractivity contribution in [1.29, 1.82) is 0 Å². The third-order valence-electron chi connectivity index (χ3n) is 1.98. The molecule has 0 saturated carbocycles. The summed E-state index contributed by atoms with van der Waals surface area (Å²) in [5.74, 6) is 0. The predicted octanol–water partition coefficient (Wildman–Crippen LogP) is 2.09. The number of rotatable bonds is 4. The third kappa shape index (κ3) is 3.10. The molecular formula is C10H17NOS. The van der Waals surface area contributed by atoms with E-state index in [4.69, 9.17) is 0 Å². The van der Waals surface area contributed by atoms with Gasteiger partial charge in [0, 0.05) is 17.5 Å². The van der Waals surface area contributed by atoms with Crippen LogP contribution in [0.5, 0.6) is 0 Å². The van der Waals surface area contributed by atoms with Crippen molar-refractivity contribution in [1.82, 2.24) is 5.32 Å². The summed E-state index contributed by atoms with van der Waals surface area (Å²) in [6.07, 6.45) is -0.367. The predicted molar refractivity (Wildman–Crippen MR) is 57.2 cm³/mol. The lowest BCUT2D eigenvalue weighted by molar-refractivity contribution is 0.171. The normalized spacial score (nSPS) is 13.6. The van der Waals surface area contributed by atoms with Crippen LogP contribution < -0.4 is 5.32 Å². The summed E-state index contributed by atoms with van der Waals surface area (Å²) in [5, 5.41) is 15.0. The van der Waals surface area contributed by atoms with Gasteiger partial charge in [0.15, 0.2) is 0 Å². The van der Waals surface area contributed by atoms with Gasteiger partial charge >= 0.3 is 0 Å². The molecule has 0 fully saturated rings. The Morgan fingerprint density at radius 1 is 1.54 bits per heavy atom. The molecule has 2 nitrogen and oxygen atoms in total. The Labute approximate surface area is 83.6 Å². The SMILES string of the molecule is Cc1sccc1C(O)CNC(C)C. The molecule has 13 heavy (non-hydrogen) atoms. The maximum atomic E-state index is 9.78. The number of thiophene rings is 1. The van der Waals surface area contributed by atoms with Gasteiger partial charge in [0.1, 0.15) is 0 Å². The molecule has 1 unspecified atom stereocenters. The molecule has 1 aromatic rings. The minimum atomic E-state index is -0.367. The number of aryl methyl sites for hydroxylation is 1. The first-order valence-electron chi connectivity index (χ1n) is 4.56. The third-order valence-corrected chi connectivity index (χ3v) is 2.84. The lowest BCUT2D eigenvalue weighted by Crippen LogP contribution is -2.27. The fourth-order valence-corrected chi connectivity index (χ4v) is 1.96. The van der Waals surface area contributed by atoms with Crippen molar-refractivity contribution < 1.29 is 5.11 Å². The molecule has 0 aliphatic heterocycles. The number of nitrogens with one attached hydrogen (secondary N) is 1. The van der Waals surface area contributed by atoms with E-state index in [0.29, 0.717) is 12.6 Å². The molecule has 0 aliphatic carbocycles. The molecule has 1 rings (SSSR count). The largest absolute Gasteiger partial charge is 0.387 e. The first-order chi connectivity index (χ1) is 6.11. The summed E-state index contributed by atoms with van der Waals surface area (Å²) in [6.45, 7) is 6.83. The van der Waals surface area contributed by atoms with Crippen LogP contribution in [-0.4, -0.2) is 17.7 Å². The highest BCUT2D eigenvalue weighted by Crippen LogP contribution is 2.21. The van der Waals surface area contributed by atoms with E-state index in [9.17, 15) is 5.11 Å². The van der Waals surface area contributed by atoms with Crippen molar-refractivity contribution in [3.05, 3.63) is 21.9 Å². The molecule has 1 aromatic heterocycles. The minimum absolute atomic E-state index is 0.367. The van der Waals surface area contributed by atoms with Crippen LogP contribution in [0.3, 0.4) is 0 Å². The quantitative estimate of drug-likeness (QED) is 0.778. The Hall–Kier alpha value is -0.380. The Kier molecular flexibility index (Phi) is 3.90. The Balaban J connectivity index is 2.49. The van der Waals surface area contributed by atoms with Crippen molar-refractivity contribution in [2.24, 2.45) is 0 Å². The molecule has 0 aromatic carbocycles. The average molecular weight is 199 g/mol.